The molecule has 0 spiro atoms. The summed E-state index contributed by atoms with van der Waals surface area (Å²) in [6.07, 6.45) is 1.97. The molecule has 2 aromatic carbocycles. The maximum absolute atomic E-state index is 11.6. The van der Waals surface area contributed by atoms with Crippen LogP contribution in [-0.2, 0) is 11.2 Å². The Morgan fingerprint density at radius 2 is 1.67 bits per heavy atom. The highest BCUT2D eigenvalue weighted by molar-refractivity contribution is 5.78. The number of para-hydroxylation sites is 2. The molecule has 21 heavy (non-hydrogen) atoms. The summed E-state index contributed by atoms with van der Waals surface area (Å²) in [7, 11) is 0. The predicted octanol–water partition coefficient (Wildman–Crippen LogP) is 3.04. The number of benzene rings is 2. The molecule has 0 radical (unpaired) electrons. The molecule has 0 fully saturated rings. The first kappa shape index (κ1) is 13.2. The Hall–Kier alpha value is -2.75. The molecule has 0 amide bonds. The van der Waals surface area contributed by atoms with Crippen LogP contribution in [0.25, 0.3) is 11.0 Å². The zero-order valence-electron chi connectivity index (χ0n) is 11.3. The third-order valence-electron chi connectivity index (χ3n) is 3.40. The minimum atomic E-state index is -0.886. The number of aliphatic carboxylic acids is 1. The van der Waals surface area contributed by atoms with E-state index < -0.39 is 11.9 Å². The first-order valence-corrected chi connectivity index (χ1v) is 6.72. The Balaban J connectivity index is 1.97. The smallest absolute Gasteiger partial charge is 0.312 e. The van der Waals surface area contributed by atoms with Crippen molar-refractivity contribution >= 4 is 17.0 Å². The van der Waals surface area contributed by atoms with E-state index in [2.05, 4.69) is 9.97 Å². The standard InChI is InChI=1S/C17H14N2O2/c20-17(21)13(10-12-6-2-1-3-7-12)16-11-18-14-8-4-5-9-15(14)19-16/h1-9,11,13H,10H2,(H,20,21). The van der Waals surface area contributed by atoms with Crippen LogP contribution in [0.4, 0.5) is 0 Å². The number of aromatic nitrogens is 2. The fraction of sp³-hybridized carbons (Fsp3) is 0.118. The predicted molar refractivity (Wildman–Crippen MR) is 80.1 cm³/mol. The minimum absolute atomic E-state index is 0.406. The van der Waals surface area contributed by atoms with Gasteiger partial charge in [-0.2, -0.15) is 0 Å². The summed E-state index contributed by atoms with van der Waals surface area (Å²) in [5, 5.41) is 9.49. The third-order valence-corrected chi connectivity index (χ3v) is 3.40. The zero-order chi connectivity index (χ0) is 14.7. The Kier molecular flexibility index (Phi) is 3.60. The van der Waals surface area contributed by atoms with E-state index >= 15 is 0 Å². The van der Waals surface area contributed by atoms with Crippen molar-refractivity contribution in [2.75, 3.05) is 0 Å². The number of nitrogens with zero attached hydrogens (tertiary/aromatic N) is 2. The second-order valence-electron chi connectivity index (χ2n) is 4.86. The SMILES string of the molecule is O=C(O)C(Cc1ccccc1)c1cnc2ccccc2n1. The topological polar surface area (TPSA) is 63.1 Å². The van der Waals surface area contributed by atoms with Crippen molar-refractivity contribution in [1.29, 1.82) is 0 Å². The van der Waals surface area contributed by atoms with Gasteiger partial charge in [0.15, 0.2) is 0 Å². The average molecular weight is 278 g/mol. The van der Waals surface area contributed by atoms with E-state index in [4.69, 9.17) is 0 Å². The first-order chi connectivity index (χ1) is 10.2. The lowest BCUT2D eigenvalue weighted by molar-refractivity contribution is -0.138. The number of carboxylic acid groups (broad SMARTS) is 1. The second kappa shape index (κ2) is 5.71. The van der Waals surface area contributed by atoms with Gasteiger partial charge < -0.3 is 5.11 Å². The quantitative estimate of drug-likeness (QED) is 0.796. The molecule has 0 aliphatic rings. The molecular weight excluding hydrogens is 264 g/mol. The molecule has 1 N–H and O–H groups in total. The summed E-state index contributed by atoms with van der Waals surface area (Å²) in [6.45, 7) is 0. The van der Waals surface area contributed by atoms with Crippen LogP contribution >= 0.6 is 0 Å². The number of fused-ring (bicyclic) bond motifs is 1. The summed E-state index contributed by atoms with van der Waals surface area (Å²) >= 11 is 0. The Morgan fingerprint density at radius 1 is 1.00 bits per heavy atom. The fourth-order valence-electron chi connectivity index (χ4n) is 2.31. The number of carbonyl (C=O) groups is 1. The van der Waals surface area contributed by atoms with Gasteiger partial charge in [0.1, 0.15) is 5.92 Å². The van der Waals surface area contributed by atoms with Gasteiger partial charge in [-0.15, -0.1) is 0 Å². The summed E-state index contributed by atoms with van der Waals surface area (Å²) in [4.78, 5) is 20.3. The van der Waals surface area contributed by atoms with E-state index in [9.17, 15) is 9.90 Å². The summed E-state index contributed by atoms with van der Waals surface area (Å²) in [6, 6.07) is 17.0. The second-order valence-corrected chi connectivity index (χ2v) is 4.86. The summed E-state index contributed by atoms with van der Waals surface area (Å²) < 4.78 is 0. The van der Waals surface area contributed by atoms with Crippen LogP contribution in [-0.4, -0.2) is 21.0 Å². The maximum Gasteiger partial charge on any atom is 0.312 e. The van der Waals surface area contributed by atoms with E-state index in [-0.39, 0.29) is 0 Å². The summed E-state index contributed by atoms with van der Waals surface area (Å²) in [5.74, 6) is -1.58. The minimum Gasteiger partial charge on any atom is -0.481 e. The van der Waals surface area contributed by atoms with Gasteiger partial charge >= 0.3 is 5.97 Å². The van der Waals surface area contributed by atoms with Crippen LogP contribution in [0.2, 0.25) is 0 Å². The fourth-order valence-corrected chi connectivity index (χ4v) is 2.31. The van der Waals surface area contributed by atoms with Crippen LogP contribution in [0.15, 0.2) is 60.8 Å². The summed E-state index contributed by atoms with van der Waals surface area (Å²) in [5.41, 5.74) is 2.95. The van der Waals surface area contributed by atoms with Crippen molar-refractivity contribution in [2.45, 2.75) is 12.3 Å². The third kappa shape index (κ3) is 2.89. The molecule has 1 aromatic heterocycles. The molecule has 1 heterocycles. The lowest BCUT2D eigenvalue weighted by Gasteiger charge is -2.12. The number of hydrogen-bond donors (Lipinski definition) is 1. The molecule has 1 atom stereocenters. The van der Waals surface area contributed by atoms with Crippen LogP contribution in [0.3, 0.4) is 0 Å². The van der Waals surface area contributed by atoms with E-state index in [1.54, 1.807) is 6.20 Å². The van der Waals surface area contributed by atoms with Crippen LogP contribution < -0.4 is 0 Å². The Morgan fingerprint density at radius 3 is 2.38 bits per heavy atom. The molecule has 3 aromatic rings. The molecule has 4 heteroatoms. The Labute approximate surface area is 122 Å². The maximum atomic E-state index is 11.6. The van der Waals surface area contributed by atoms with Crippen LogP contribution in [0.5, 0.6) is 0 Å². The van der Waals surface area contributed by atoms with Gasteiger partial charge in [-0.3, -0.25) is 9.78 Å². The molecule has 0 saturated carbocycles. The molecule has 0 saturated heterocycles. The molecule has 104 valence electrons. The van der Waals surface area contributed by atoms with Gasteiger partial charge in [-0.05, 0) is 24.1 Å². The van der Waals surface area contributed by atoms with E-state index in [1.807, 2.05) is 54.6 Å². The number of hydrogen-bond acceptors (Lipinski definition) is 3. The van der Waals surface area contributed by atoms with Gasteiger partial charge in [0.05, 0.1) is 22.9 Å². The lowest BCUT2D eigenvalue weighted by atomic mass is 9.96. The van der Waals surface area contributed by atoms with Gasteiger partial charge in [0.2, 0.25) is 0 Å². The molecule has 0 aliphatic carbocycles. The zero-order valence-corrected chi connectivity index (χ0v) is 11.3. The molecule has 0 bridgehead atoms. The normalized spacial score (nSPS) is 12.2. The highest BCUT2D eigenvalue weighted by Gasteiger charge is 2.22. The molecular formula is C17H14N2O2. The monoisotopic (exact) mass is 278 g/mol. The van der Waals surface area contributed by atoms with Crippen LogP contribution in [0, 0.1) is 0 Å². The van der Waals surface area contributed by atoms with Crippen molar-refractivity contribution < 1.29 is 9.90 Å². The average Bonchev–Trinajstić information content (AvgIpc) is 2.53. The molecule has 1 unspecified atom stereocenters. The van der Waals surface area contributed by atoms with Crippen molar-refractivity contribution in [1.82, 2.24) is 9.97 Å². The van der Waals surface area contributed by atoms with E-state index in [1.165, 1.54) is 0 Å². The van der Waals surface area contributed by atoms with Gasteiger partial charge in [0, 0.05) is 0 Å². The van der Waals surface area contributed by atoms with Crippen molar-refractivity contribution in [2.24, 2.45) is 0 Å². The lowest BCUT2D eigenvalue weighted by Crippen LogP contribution is -2.16. The van der Waals surface area contributed by atoms with Gasteiger partial charge in [0.25, 0.3) is 0 Å². The molecule has 0 aliphatic heterocycles. The van der Waals surface area contributed by atoms with Crippen molar-refractivity contribution in [3.05, 3.63) is 72.1 Å². The Bertz CT molecular complexity index is 772. The van der Waals surface area contributed by atoms with E-state index in [0.717, 1.165) is 11.1 Å². The molecule has 3 rings (SSSR count). The van der Waals surface area contributed by atoms with Gasteiger partial charge in [-0.1, -0.05) is 42.5 Å². The van der Waals surface area contributed by atoms with Gasteiger partial charge in [-0.25, -0.2) is 4.98 Å². The molecule has 4 nitrogen and oxygen atoms in total. The van der Waals surface area contributed by atoms with Crippen LogP contribution in [0.1, 0.15) is 17.2 Å². The largest absolute Gasteiger partial charge is 0.481 e. The highest BCUT2D eigenvalue weighted by atomic mass is 16.4. The highest BCUT2D eigenvalue weighted by Crippen LogP contribution is 2.21. The van der Waals surface area contributed by atoms with Crippen molar-refractivity contribution in [3.63, 3.8) is 0 Å². The first-order valence-electron chi connectivity index (χ1n) is 6.72. The van der Waals surface area contributed by atoms with E-state index in [0.29, 0.717) is 17.6 Å². The number of carboxylic acids is 1. The number of rotatable bonds is 4. The van der Waals surface area contributed by atoms with Crippen molar-refractivity contribution in [3.8, 4) is 0 Å².